The van der Waals surface area contributed by atoms with Crippen LogP contribution in [0.5, 0.6) is 0 Å². The van der Waals surface area contributed by atoms with E-state index in [-0.39, 0.29) is 6.79 Å². The second-order valence-corrected chi connectivity index (χ2v) is 19.6. The van der Waals surface area contributed by atoms with Crippen molar-refractivity contribution in [1.82, 2.24) is 0 Å². The molecule has 1 aliphatic rings. The van der Waals surface area contributed by atoms with E-state index >= 15 is 0 Å². The zero-order valence-electron chi connectivity index (χ0n) is 11.6. The molecule has 2 N–H and O–H groups in total. The van der Waals surface area contributed by atoms with Gasteiger partial charge < -0.3 is 30.8 Å². The lowest BCUT2D eigenvalue weighted by Gasteiger charge is -2.39. The van der Waals surface area contributed by atoms with Gasteiger partial charge in [-0.15, -0.1) is 0 Å². The van der Waals surface area contributed by atoms with Crippen LogP contribution in [0.15, 0.2) is 0 Å². The van der Waals surface area contributed by atoms with Crippen LogP contribution >= 0.6 is 0 Å². The first-order valence-electron chi connectivity index (χ1n) is 5.66. The molecule has 0 aromatic carbocycles. The Hall–Kier alpha value is 0.588. The van der Waals surface area contributed by atoms with Crippen LogP contribution in [0, 0.1) is 0 Å². The van der Waals surface area contributed by atoms with Crippen LogP contribution in [0.4, 0.5) is 0 Å². The standard InChI is InChI=1S/C7H22O7Si4/c1-15(2,3)12-17(8)10-7-11-18(9,14-17)13-16(4,5)6/h8-9H,7H2,1-6H3. The van der Waals surface area contributed by atoms with E-state index in [0.717, 1.165) is 0 Å². The van der Waals surface area contributed by atoms with Crippen LogP contribution in [0.25, 0.3) is 0 Å². The lowest BCUT2D eigenvalue weighted by atomic mass is 11.6. The fraction of sp³-hybridized carbons (Fsp3) is 1.00. The monoisotopic (exact) mass is 330 g/mol. The van der Waals surface area contributed by atoms with E-state index in [9.17, 15) is 9.59 Å². The summed E-state index contributed by atoms with van der Waals surface area (Å²) < 4.78 is 26.2. The molecular weight excluding hydrogens is 308 g/mol. The first kappa shape index (κ1) is 16.6. The van der Waals surface area contributed by atoms with Crippen molar-refractivity contribution in [3.8, 4) is 0 Å². The highest BCUT2D eigenvalue weighted by Crippen LogP contribution is 2.26. The van der Waals surface area contributed by atoms with Gasteiger partial charge in [-0.3, -0.25) is 0 Å². The quantitative estimate of drug-likeness (QED) is 0.729. The molecular formula is C7H22O7Si4. The van der Waals surface area contributed by atoms with E-state index in [2.05, 4.69) is 0 Å². The third-order valence-corrected chi connectivity index (χ3v) is 11.6. The van der Waals surface area contributed by atoms with Gasteiger partial charge in [-0.2, -0.15) is 0 Å². The minimum absolute atomic E-state index is 0.277. The first-order chi connectivity index (χ1) is 7.83. The van der Waals surface area contributed by atoms with Crippen molar-refractivity contribution >= 4 is 34.7 Å². The largest absolute Gasteiger partial charge is 0.662 e. The molecule has 2 atom stereocenters. The van der Waals surface area contributed by atoms with Gasteiger partial charge in [0.25, 0.3) is 0 Å². The van der Waals surface area contributed by atoms with Gasteiger partial charge in [-0.25, -0.2) is 0 Å². The third kappa shape index (κ3) is 5.70. The second-order valence-electron chi connectivity index (χ2n) is 5.99. The van der Waals surface area contributed by atoms with Crippen LogP contribution in [-0.2, 0) is 21.2 Å². The molecule has 0 spiro atoms. The lowest BCUT2D eigenvalue weighted by molar-refractivity contribution is -0.0977. The Morgan fingerprint density at radius 1 is 0.833 bits per heavy atom. The summed E-state index contributed by atoms with van der Waals surface area (Å²) in [4.78, 5) is 20.4. The van der Waals surface area contributed by atoms with Crippen molar-refractivity contribution in [2.45, 2.75) is 39.3 Å². The van der Waals surface area contributed by atoms with Gasteiger partial charge in [0.2, 0.25) is 0 Å². The Morgan fingerprint density at radius 3 is 1.44 bits per heavy atom. The van der Waals surface area contributed by atoms with Gasteiger partial charge in [0.1, 0.15) is 6.79 Å². The van der Waals surface area contributed by atoms with Crippen molar-refractivity contribution in [1.29, 1.82) is 0 Å². The van der Waals surface area contributed by atoms with Crippen LogP contribution in [0.1, 0.15) is 0 Å². The second kappa shape index (κ2) is 5.17. The van der Waals surface area contributed by atoms with E-state index in [1.807, 2.05) is 39.3 Å². The molecule has 0 aliphatic carbocycles. The summed E-state index contributed by atoms with van der Waals surface area (Å²) in [5, 5.41) is 0. The zero-order chi connectivity index (χ0) is 14.2. The summed E-state index contributed by atoms with van der Waals surface area (Å²) in [5.41, 5.74) is 0. The van der Waals surface area contributed by atoms with Crippen LogP contribution in [-0.4, -0.2) is 51.1 Å². The summed E-state index contributed by atoms with van der Waals surface area (Å²) in [7, 11) is -11.9. The number of hydrogen-bond acceptors (Lipinski definition) is 7. The van der Waals surface area contributed by atoms with Gasteiger partial charge >= 0.3 is 18.1 Å². The molecule has 1 aliphatic heterocycles. The van der Waals surface area contributed by atoms with Crippen molar-refractivity contribution < 1.29 is 30.8 Å². The summed E-state index contributed by atoms with van der Waals surface area (Å²) in [6.45, 7) is 11.1. The predicted molar refractivity (Wildman–Crippen MR) is 72.9 cm³/mol. The molecule has 0 aromatic heterocycles. The van der Waals surface area contributed by atoms with E-state index < -0.39 is 34.7 Å². The highest BCUT2D eigenvalue weighted by atomic mass is 28.5. The molecule has 0 saturated carbocycles. The lowest BCUT2D eigenvalue weighted by Crippen LogP contribution is -2.67. The Kier molecular flexibility index (Phi) is 4.78. The molecule has 2 unspecified atom stereocenters. The Balaban J connectivity index is 2.76. The molecule has 0 bridgehead atoms. The van der Waals surface area contributed by atoms with Crippen molar-refractivity contribution in [3.05, 3.63) is 0 Å². The highest BCUT2D eigenvalue weighted by molar-refractivity contribution is 6.83. The average Bonchev–Trinajstić information content (AvgIpc) is 1.91. The van der Waals surface area contributed by atoms with Gasteiger partial charge in [-0.05, 0) is 39.3 Å². The molecule has 1 heterocycles. The summed E-state index contributed by atoms with van der Waals surface area (Å²) in [6, 6.07) is 0. The normalized spacial score (nSPS) is 34.7. The minimum Gasteiger partial charge on any atom is -0.395 e. The fourth-order valence-electron chi connectivity index (χ4n) is 1.27. The first-order valence-corrected chi connectivity index (χ1v) is 15.8. The molecule has 7 nitrogen and oxygen atoms in total. The van der Waals surface area contributed by atoms with Crippen molar-refractivity contribution in [3.63, 3.8) is 0 Å². The molecule has 1 fully saturated rings. The van der Waals surface area contributed by atoms with Crippen molar-refractivity contribution in [2.75, 3.05) is 6.79 Å². The summed E-state index contributed by atoms with van der Waals surface area (Å²) >= 11 is 0. The number of hydrogen-bond donors (Lipinski definition) is 2. The number of rotatable bonds is 4. The van der Waals surface area contributed by atoms with Gasteiger partial charge in [-0.1, -0.05) is 0 Å². The van der Waals surface area contributed by atoms with Gasteiger partial charge in [0.15, 0.2) is 16.6 Å². The third-order valence-electron chi connectivity index (χ3n) is 1.61. The molecule has 18 heavy (non-hydrogen) atoms. The molecule has 0 aromatic rings. The molecule has 1 saturated heterocycles. The predicted octanol–water partition coefficient (Wildman–Crippen LogP) is 0.566. The SMILES string of the molecule is C[Si](C)(C)O[Si]1(O)OCO[Si](O)(O[Si](C)(C)C)O1. The van der Waals surface area contributed by atoms with Crippen molar-refractivity contribution in [2.24, 2.45) is 0 Å². The maximum absolute atomic E-state index is 10.2. The topological polar surface area (TPSA) is 86.6 Å². The zero-order valence-corrected chi connectivity index (χ0v) is 15.6. The van der Waals surface area contributed by atoms with E-state index in [1.54, 1.807) is 0 Å². The molecule has 0 amide bonds. The smallest absolute Gasteiger partial charge is 0.395 e. The summed E-state index contributed by atoms with van der Waals surface area (Å²) in [5.74, 6) is 0. The molecule has 108 valence electrons. The molecule has 11 heteroatoms. The highest BCUT2D eigenvalue weighted by Gasteiger charge is 2.61. The molecule has 0 radical (unpaired) electrons. The summed E-state index contributed by atoms with van der Waals surface area (Å²) in [6.07, 6.45) is 0. The van der Waals surface area contributed by atoms with E-state index in [4.69, 9.17) is 21.2 Å². The Morgan fingerprint density at radius 2 is 1.17 bits per heavy atom. The molecule has 1 rings (SSSR count). The van der Waals surface area contributed by atoms with Crippen LogP contribution < -0.4 is 0 Å². The van der Waals surface area contributed by atoms with Gasteiger partial charge in [0.05, 0.1) is 0 Å². The maximum atomic E-state index is 10.2. The Labute approximate surface area is 112 Å². The average molecular weight is 331 g/mol. The fourth-order valence-corrected chi connectivity index (χ4v) is 11.3. The van der Waals surface area contributed by atoms with E-state index in [1.165, 1.54) is 0 Å². The maximum Gasteiger partial charge on any atom is 0.662 e. The van der Waals surface area contributed by atoms with E-state index in [0.29, 0.717) is 0 Å². The van der Waals surface area contributed by atoms with Gasteiger partial charge in [0, 0.05) is 0 Å². The van der Waals surface area contributed by atoms with Crippen LogP contribution in [0.3, 0.4) is 0 Å². The Bertz CT molecular complexity index is 275. The minimum atomic E-state index is -3.86. The van der Waals surface area contributed by atoms with Crippen LogP contribution in [0.2, 0.25) is 39.3 Å².